The van der Waals surface area contributed by atoms with E-state index in [4.69, 9.17) is 0 Å². The first-order valence-electron chi connectivity index (χ1n) is 8.06. The van der Waals surface area contributed by atoms with Gasteiger partial charge in [0.2, 0.25) is 5.91 Å². The van der Waals surface area contributed by atoms with Gasteiger partial charge in [0.05, 0.1) is 10.6 Å². The molecule has 24 heavy (non-hydrogen) atoms. The van der Waals surface area contributed by atoms with Crippen LogP contribution in [0.15, 0.2) is 53.9 Å². The lowest BCUT2D eigenvalue weighted by Gasteiger charge is -2.05. The monoisotopic (exact) mass is 337 g/mol. The zero-order valence-corrected chi connectivity index (χ0v) is 14.1. The Kier molecular flexibility index (Phi) is 5.39. The number of unbranched alkanes of at least 4 members (excludes halogenated alkanes) is 1. The van der Waals surface area contributed by atoms with E-state index in [0.717, 1.165) is 25.5 Å². The van der Waals surface area contributed by atoms with Crippen LogP contribution in [-0.2, 0) is 11.2 Å². The molecule has 0 saturated carbocycles. The second kappa shape index (κ2) is 7.88. The molecule has 2 aromatic carbocycles. The van der Waals surface area contributed by atoms with Crippen LogP contribution in [0.2, 0.25) is 0 Å². The molecule has 0 bridgehead atoms. The number of carbonyl (C=O) groups is 2. The molecule has 1 amide bonds. The molecule has 0 aliphatic carbocycles. The molecule has 122 valence electrons. The molecule has 1 heterocycles. The number of carbonyl (C=O) groups excluding carboxylic acids is 2. The topological polar surface area (TPSA) is 46.2 Å². The standard InChI is InChI=1S/C20H19NO2S/c22-14-19-18(11-12-24-19)21-20(23)8-4-1-5-15-9-10-16-6-2-3-7-17(16)13-15/h2-3,6-7,9-14H,1,4-5,8H2,(H,21,23). The van der Waals surface area contributed by atoms with Gasteiger partial charge in [-0.15, -0.1) is 11.3 Å². The van der Waals surface area contributed by atoms with Crippen LogP contribution in [0.1, 0.15) is 34.5 Å². The third-order valence-electron chi connectivity index (χ3n) is 4.01. The SMILES string of the molecule is O=Cc1sccc1NC(=O)CCCCc1ccc2ccccc2c1. The number of amides is 1. The van der Waals surface area contributed by atoms with E-state index in [9.17, 15) is 9.59 Å². The molecular formula is C20H19NO2S. The highest BCUT2D eigenvalue weighted by Gasteiger charge is 2.07. The van der Waals surface area contributed by atoms with Crippen molar-refractivity contribution in [2.45, 2.75) is 25.7 Å². The van der Waals surface area contributed by atoms with Crippen molar-refractivity contribution < 1.29 is 9.59 Å². The minimum absolute atomic E-state index is 0.0324. The van der Waals surface area contributed by atoms with Gasteiger partial charge in [0.15, 0.2) is 6.29 Å². The summed E-state index contributed by atoms with van der Waals surface area (Å²) < 4.78 is 0. The normalized spacial score (nSPS) is 10.7. The zero-order chi connectivity index (χ0) is 16.8. The first kappa shape index (κ1) is 16.4. The van der Waals surface area contributed by atoms with Crippen LogP contribution in [-0.4, -0.2) is 12.2 Å². The minimum Gasteiger partial charge on any atom is -0.325 e. The maximum Gasteiger partial charge on any atom is 0.224 e. The Morgan fingerprint density at radius 2 is 1.88 bits per heavy atom. The molecule has 0 aliphatic heterocycles. The predicted octanol–water partition coefficient (Wildman–Crippen LogP) is 5.07. The highest BCUT2D eigenvalue weighted by molar-refractivity contribution is 7.12. The maximum absolute atomic E-state index is 11.9. The van der Waals surface area contributed by atoms with Gasteiger partial charge in [-0.25, -0.2) is 0 Å². The summed E-state index contributed by atoms with van der Waals surface area (Å²) in [7, 11) is 0. The Labute approximate surface area is 145 Å². The van der Waals surface area contributed by atoms with Gasteiger partial charge in [-0.1, -0.05) is 42.5 Å². The highest BCUT2D eigenvalue weighted by atomic mass is 32.1. The molecule has 0 unspecified atom stereocenters. The van der Waals surface area contributed by atoms with Crippen LogP contribution in [0.3, 0.4) is 0 Å². The van der Waals surface area contributed by atoms with Crippen LogP contribution in [0.25, 0.3) is 10.8 Å². The van der Waals surface area contributed by atoms with Crippen LogP contribution in [0.4, 0.5) is 5.69 Å². The first-order chi connectivity index (χ1) is 11.8. The van der Waals surface area contributed by atoms with E-state index in [1.807, 2.05) is 6.07 Å². The summed E-state index contributed by atoms with van der Waals surface area (Å²) >= 11 is 1.34. The molecule has 0 aliphatic rings. The summed E-state index contributed by atoms with van der Waals surface area (Å²) in [5.41, 5.74) is 1.92. The smallest absolute Gasteiger partial charge is 0.224 e. The van der Waals surface area contributed by atoms with Crippen LogP contribution in [0.5, 0.6) is 0 Å². The number of thiophene rings is 1. The van der Waals surface area contributed by atoms with E-state index in [1.54, 1.807) is 11.4 Å². The quantitative estimate of drug-likeness (QED) is 0.483. The molecule has 3 nitrogen and oxygen atoms in total. The summed E-state index contributed by atoms with van der Waals surface area (Å²) in [6, 6.07) is 16.6. The fourth-order valence-corrected chi connectivity index (χ4v) is 3.39. The number of hydrogen-bond acceptors (Lipinski definition) is 3. The molecule has 3 rings (SSSR count). The molecule has 0 atom stereocenters. The van der Waals surface area contributed by atoms with Gasteiger partial charge < -0.3 is 5.32 Å². The van der Waals surface area contributed by atoms with Gasteiger partial charge in [0, 0.05) is 6.42 Å². The lowest BCUT2D eigenvalue weighted by molar-refractivity contribution is -0.116. The average Bonchev–Trinajstić information content (AvgIpc) is 3.05. The maximum atomic E-state index is 11.9. The third-order valence-corrected chi connectivity index (χ3v) is 4.85. The van der Waals surface area contributed by atoms with Crippen LogP contribution < -0.4 is 5.32 Å². The number of aryl methyl sites for hydroxylation is 1. The Hall–Kier alpha value is -2.46. The van der Waals surface area contributed by atoms with Gasteiger partial charge in [-0.05, 0) is 47.0 Å². The lowest BCUT2D eigenvalue weighted by atomic mass is 10.0. The molecule has 0 spiro atoms. The second-order valence-corrected chi connectivity index (χ2v) is 6.70. The summed E-state index contributed by atoms with van der Waals surface area (Å²) in [6.45, 7) is 0. The Bertz CT molecular complexity index is 853. The summed E-state index contributed by atoms with van der Waals surface area (Å²) in [5, 5.41) is 7.12. The Morgan fingerprint density at radius 1 is 1.04 bits per heavy atom. The molecule has 0 saturated heterocycles. The third kappa shape index (κ3) is 4.09. The first-order valence-corrected chi connectivity index (χ1v) is 8.94. The molecule has 0 fully saturated rings. The second-order valence-electron chi connectivity index (χ2n) is 5.75. The summed E-state index contributed by atoms with van der Waals surface area (Å²) in [6.07, 6.45) is 4.02. The minimum atomic E-state index is -0.0324. The Morgan fingerprint density at radius 3 is 2.71 bits per heavy atom. The lowest BCUT2D eigenvalue weighted by Crippen LogP contribution is -2.11. The average molecular weight is 337 g/mol. The molecule has 1 aromatic heterocycles. The van der Waals surface area contributed by atoms with Gasteiger partial charge in [-0.3, -0.25) is 9.59 Å². The zero-order valence-electron chi connectivity index (χ0n) is 13.3. The van der Waals surface area contributed by atoms with Gasteiger partial charge >= 0.3 is 0 Å². The number of fused-ring (bicyclic) bond motifs is 1. The fraction of sp³-hybridized carbons (Fsp3) is 0.200. The van der Waals surface area contributed by atoms with Crippen molar-refractivity contribution >= 4 is 40.0 Å². The number of rotatable bonds is 7. The van der Waals surface area contributed by atoms with E-state index >= 15 is 0 Å². The van der Waals surface area contributed by atoms with Crippen LogP contribution in [0, 0.1) is 0 Å². The van der Waals surface area contributed by atoms with E-state index in [1.165, 1.54) is 27.7 Å². The van der Waals surface area contributed by atoms with Crippen molar-refractivity contribution in [3.8, 4) is 0 Å². The number of aldehydes is 1. The van der Waals surface area contributed by atoms with E-state index < -0.39 is 0 Å². The van der Waals surface area contributed by atoms with E-state index in [0.29, 0.717) is 17.0 Å². The molecule has 0 radical (unpaired) electrons. The van der Waals surface area contributed by atoms with Crippen molar-refractivity contribution in [3.63, 3.8) is 0 Å². The predicted molar refractivity (Wildman–Crippen MR) is 99.8 cm³/mol. The molecule has 1 N–H and O–H groups in total. The van der Waals surface area contributed by atoms with Gasteiger partial charge in [-0.2, -0.15) is 0 Å². The van der Waals surface area contributed by atoms with Gasteiger partial charge in [0.25, 0.3) is 0 Å². The summed E-state index contributed by atoms with van der Waals surface area (Å²) in [4.78, 5) is 23.4. The fourth-order valence-electron chi connectivity index (χ4n) is 2.74. The number of nitrogens with one attached hydrogen (secondary N) is 1. The van der Waals surface area contributed by atoms with E-state index in [-0.39, 0.29) is 5.91 Å². The number of hydrogen-bond donors (Lipinski definition) is 1. The number of anilines is 1. The van der Waals surface area contributed by atoms with Gasteiger partial charge in [0.1, 0.15) is 0 Å². The van der Waals surface area contributed by atoms with Crippen molar-refractivity contribution in [2.75, 3.05) is 5.32 Å². The van der Waals surface area contributed by atoms with E-state index in [2.05, 4.69) is 41.7 Å². The Balaban J connectivity index is 1.46. The highest BCUT2D eigenvalue weighted by Crippen LogP contribution is 2.21. The van der Waals surface area contributed by atoms with Crippen molar-refractivity contribution in [3.05, 3.63) is 64.4 Å². The largest absolute Gasteiger partial charge is 0.325 e. The van der Waals surface area contributed by atoms with Crippen molar-refractivity contribution in [1.29, 1.82) is 0 Å². The van der Waals surface area contributed by atoms with Crippen molar-refractivity contribution in [1.82, 2.24) is 0 Å². The molecule has 3 aromatic rings. The molecular weight excluding hydrogens is 318 g/mol. The van der Waals surface area contributed by atoms with Crippen LogP contribution >= 0.6 is 11.3 Å². The van der Waals surface area contributed by atoms with Crippen molar-refractivity contribution in [2.24, 2.45) is 0 Å². The molecule has 4 heteroatoms. The number of benzene rings is 2. The summed E-state index contributed by atoms with van der Waals surface area (Å²) in [5.74, 6) is -0.0324.